The summed E-state index contributed by atoms with van der Waals surface area (Å²) < 4.78 is 23.0. The Kier molecular flexibility index (Phi) is 3.53. The molecule has 1 aromatic rings. The molecule has 0 aliphatic carbocycles. The fourth-order valence-electron chi connectivity index (χ4n) is 1.17. The van der Waals surface area contributed by atoms with Crippen molar-refractivity contribution in [3.63, 3.8) is 0 Å². The fourth-order valence-corrected chi connectivity index (χ4v) is 1.64. The van der Waals surface area contributed by atoms with Crippen LogP contribution in [0.25, 0.3) is 0 Å². The molecule has 1 heterocycles. The lowest BCUT2D eigenvalue weighted by atomic mass is 10.3. The normalized spacial score (nSPS) is 11.4. The van der Waals surface area contributed by atoms with Gasteiger partial charge < -0.3 is 11.1 Å². The summed E-state index contributed by atoms with van der Waals surface area (Å²) in [5, 5.41) is 6.27. The molecule has 3 N–H and O–H groups in total. The van der Waals surface area contributed by atoms with Gasteiger partial charge in [0.05, 0.1) is 17.6 Å². The zero-order valence-corrected chi connectivity index (χ0v) is 9.91. The minimum Gasteiger partial charge on any atom is -0.396 e. The molecule has 0 aliphatic rings. The van der Waals surface area contributed by atoms with E-state index in [1.165, 1.54) is 10.9 Å². The number of amides is 1. The Labute approximate surface area is 93.5 Å². The van der Waals surface area contributed by atoms with Gasteiger partial charge in [0.2, 0.25) is 0 Å². The first-order valence-corrected chi connectivity index (χ1v) is 6.60. The van der Waals surface area contributed by atoms with E-state index in [-0.39, 0.29) is 23.7 Å². The van der Waals surface area contributed by atoms with Crippen LogP contribution in [0.1, 0.15) is 10.5 Å². The number of nitrogens with two attached hydrogens (primary N) is 1. The second kappa shape index (κ2) is 4.52. The molecule has 0 radical (unpaired) electrons. The van der Waals surface area contributed by atoms with Crippen LogP contribution in [0.4, 0.5) is 5.69 Å². The molecule has 7 nitrogen and oxygen atoms in total. The van der Waals surface area contributed by atoms with Crippen LogP contribution in [-0.2, 0) is 16.9 Å². The van der Waals surface area contributed by atoms with Gasteiger partial charge >= 0.3 is 0 Å². The van der Waals surface area contributed by atoms with Gasteiger partial charge in [-0.15, -0.1) is 0 Å². The smallest absolute Gasteiger partial charge is 0.271 e. The topological polar surface area (TPSA) is 107 Å². The second-order valence-corrected chi connectivity index (χ2v) is 5.72. The Bertz CT molecular complexity index is 472. The second-order valence-electron chi connectivity index (χ2n) is 3.46. The van der Waals surface area contributed by atoms with Gasteiger partial charge in [-0.1, -0.05) is 0 Å². The number of aromatic nitrogens is 2. The van der Waals surface area contributed by atoms with Crippen molar-refractivity contribution in [1.82, 2.24) is 15.1 Å². The highest BCUT2D eigenvalue weighted by atomic mass is 32.2. The lowest BCUT2D eigenvalue weighted by molar-refractivity contribution is 0.0947. The number of hydrogen-bond acceptors (Lipinski definition) is 5. The Morgan fingerprint density at radius 3 is 2.69 bits per heavy atom. The van der Waals surface area contributed by atoms with Gasteiger partial charge in [-0.2, -0.15) is 5.10 Å². The maximum absolute atomic E-state index is 11.6. The predicted octanol–water partition coefficient (Wildman–Crippen LogP) is -1.22. The van der Waals surface area contributed by atoms with E-state index in [1.54, 1.807) is 7.05 Å². The van der Waals surface area contributed by atoms with Crippen molar-refractivity contribution in [3.8, 4) is 0 Å². The zero-order valence-electron chi connectivity index (χ0n) is 9.10. The molecule has 16 heavy (non-hydrogen) atoms. The van der Waals surface area contributed by atoms with Gasteiger partial charge in [0.1, 0.15) is 15.5 Å². The summed E-state index contributed by atoms with van der Waals surface area (Å²) in [6.07, 6.45) is 2.48. The van der Waals surface area contributed by atoms with E-state index in [4.69, 9.17) is 5.73 Å². The Morgan fingerprint density at radius 2 is 2.25 bits per heavy atom. The largest absolute Gasteiger partial charge is 0.396 e. The molecule has 0 aliphatic heterocycles. The average molecular weight is 246 g/mol. The Morgan fingerprint density at radius 1 is 1.62 bits per heavy atom. The number of rotatable bonds is 4. The molecular weight excluding hydrogens is 232 g/mol. The summed E-state index contributed by atoms with van der Waals surface area (Å²) in [4.78, 5) is 11.6. The highest BCUT2D eigenvalue weighted by molar-refractivity contribution is 7.90. The molecule has 1 aromatic heterocycles. The number of sulfone groups is 1. The van der Waals surface area contributed by atoms with Crippen molar-refractivity contribution in [2.45, 2.75) is 0 Å². The lowest BCUT2D eigenvalue weighted by Gasteiger charge is -2.05. The van der Waals surface area contributed by atoms with E-state index in [0.717, 1.165) is 6.26 Å². The monoisotopic (exact) mass is 246 g/mol. The zero-order chi connectivity index (χ0) is 12.3. The number of hydrogen-bond donors (Lipinski definition) is 2. The van der Waals surface area contributed by atoms with Crippen LogP contribution in [0.15, 0.2) is 6.20 Å². The summed E-state index contributed by atoms with van der Waals surface area (Å²) in [6.45, 7) is 0.0578. The number of aryl methyl sites for hydroxylation is 1. The van der Waals surface area contributed by atoms with Crippen molar-refractivity contribution < 1.29 is 13.2 Å². The molecule has 0 unspecified atom stereocenters. The molecule has 1 amide bonds. The summed E-state index contributed by atoms with van der Waals surface area (Å²) in [5.74, 6) is -0.530. The highest BCUT2D eigenvalue weighted by Crippen LogP contribution is 2.08. The van der Waals surface area contributed by atoms with E-state index < -0.39 is 15.7 Å². The molecule has 0 aromatic carbocycles. The van der Waals surface area contributed by atoms with Gasteiger partial charge in [-0.25, -0.2) is 8.42 Å². The molecule has 0 saturated heterocycles. The summed E-state index contributed by atoms with van der Waals surface area (Å²) in [7, 11) is -1.49. The van der Waals surface area contributed by atoms with Crippen LogP contribution in [0.3, 0.4) is 0 Å². The maximum Gasteiger partial charge on any atom is 0.271 e. The van der Waals surface area contributed by atoms with Gasteiger partial charge in [0.15, 0.2) is 0 Å². The minimum absolute atomic E-state index is 0.0578. The lowest BCUT2D eigenvalue weighted by Crippen LogP contribution is -2.30. The first-order chi connectivity index (χ1) is 7.31. The average Bonchev–Trinajstić information content (AvgIpc) is 2.43. The van der Waals surface area contributed by atoms with Crippen LogP contribution < -0.4 is 11.1 Å². The van der Waals surface area contributed by atoms with Crippen LogP contribution in [0, 0.1) is 0 Å². The minimum atomic E-state index is -3.08. The van der Waals surface area contributed by atoms with E-state index in [1.807, 2.05) is 0 Å². The SMILES string of the molecule is Cn1ncc(N)c1C(=O)NCCS(C)(=O)=O. The summed E-state index contributed by atoms with van der Waals surface area (Å²) in [5.41, 5.74) is 6.03. The molecule has 90 valence electrons. The number of carbonyl (C=O) groups is 1. The number of nitrogens with one attached hydrogen (secondary N) is 1. The van der Waals surface area contributed by atoms with Gasteiger partial charge in [-0.05, 0) is 0 Å². The molecule has 0 atom stereocenters. The van der Waals surface area contributed by atoms with Gasteiger partial charge in [-0.3, -0.25) is 9.48 Å². The van der Waals surface area contributed by atoms with E-state index in [2.05, 4.69) is 10.4 Å². The third-order valence-corrected chi connectivity index (χ3v) is 2.89. The Balaban J connectivity index is 2.61. The number of nitrogen functional groups attached to an aromatic ring is 1. The van der Waals surface area contributed by atoms with E-state index >= 15 is 0 Å². The summed E-state index contributed by atoms with van der Waals surface area (Å²) >= 11 is 0. The maximum atomic E-state index is 11.6. The standard InChI is InChI=1S/C8H14N4O3S/c1-12-7(6(9)5-11-12)8(13)10-3-4-16(2,14)15/h5H,3-4,9H2,1-2H3,(H,10,13). The number of nitrogens with zero attached hydrogens (tertiary/aromatic N) is 2. The van der Waals surface area contributed by atoms with Crippen molar-refractivity contribution in [2.75, 3.05) is 24.3 Å². The fraction of sp³-hybridized carbons (Fsp3) is 0.500. The molecule has 0 bridgehead atoms. The quantitative estimate of drug-likeness (QED) is 0.692. The predicted molar refractivity (Wildman–Crippen MR) is 59.7 cm³/mol. The summed E-state index contributed by atoms with van der Waals surface area (Å²) in [6, 6.07) is 0. The number of anilines is 1. The number of carbonyl (C=O) groups excluding carboxylic acids is 1. The van der Waals surface area contributed by atoms with Crippen molar-refractivity contribution >= 4 is 21.4 Å². The first-order valence-electron chi connectivity index (χ1n) is 4.54. The van der Waals surface area contributed by atoms with Crippen molar-refractivity contribution in [1.29, 1.82) is 0 Å². The third kappa shape index (κ3) is 3.23. The van der Waals surface area contributed by atoms with Crippen molar-refractivity contribution in [3.05, 3.63) is 11.9 Å². The molecule has 8 heteroatoms. The van der Waals surface area contributed by atoms with Crippen molar-refractivity contribution in [2.24, 2.45) is 7.05 Å². The first kappa shape index (κ1) is 12.5. The van der Waals surface area contributed by atoms with Gasteiger partial charge in [0, 0.05) is 19.8 Å². The molecule has 0 fully saturated rings. The van der Waals surface area contributed by atoms with Crippen LogP contribution in [0.5, 0.6) is 0 Å². The van der Waals surface area contributed by atoms with Crippen LogP contribution in [0.2, 0.25) is 0 Å². The molecule has 0 spiro atoms. The van der Waals surface area contributed by atoms with E-state index in [0.29, 0.717) is 0 Å². The van der Waals surface area contributed by atoms with Crippen LogP contribution >= 0.6 is 0 Å². The molecular formula is C8H14N4O3S. The Hall–Kier alpha value is -1.57. The highest BCUT2D eigenvalue weighted by Gasteiger charge is 2.14. The third-order valence-electron chi connectivity index (χ3n) is 1.94. The van der Waals surface area contributed by atoms with E-state index in [9.17, 15) is 13.2 Å². The molecule has 0 saturated carbocycles. The molecule has 1 rings (SSSR count). The van der Waals surface area contributed by atoms with Crippen LogP contribution in [-0.4, -0.2) is 42.7 Å². The van der Waals surface area contributed by atoms with Gasteiger partial charge in [0.25, 0.3) is 5.91 Å².